The minimum absolute atomic E-state index is 0.384. The van der Waals surface area contributed by atoms with Crippen LogP contribution in [0.1, 0.15) is 22.8 Å². The van der Waals surface area contributed by atoms with Gasteiger partial charge in [-0.2, -0.15) is 0 Å². The molecule has 0 bridgehead atoms. The summed E-state index contributed by atoms with van der Waals surface area (Å²) in [5, 5.41) is 1.36. The Labute approximate surface area is 156 Å². The molecule has 3 aromatic carbocycles. The van der Waals surface area contributed by atoms with Crippen LogP contribution < -0.4 is 10.5 Å². The van der Waals surface area contributed by atoms with Gasteiger partial charge in [-0.1, -0.05) is 24.3 Å². The Morgan fingerprint density at radius 1 is 1.19 bits per heavy atom. The minimum Gasteiger partial charge on any atom is -0.494 e. The highest BCUT2D eigenvalue weighted by atomic mass is 19.1. The molecule has 4 rings (SSSR count). The van der Waals surface area contributed by atoms with Crippen LogP contribution in [0.2, 0.25) is 0 Å². The van der Waals surface area contributed by atoms with Crippen LogP contribution in [-0.4, -0.2) is 17.1 Å². The number of primary amides is 1. The van der Waals surface area contributed by atoms with Crippen LogP contribution in [0.3, 0.4) is 0 Å². The van der Waals surface area contributed by atoms with Gasteiger partial charge in [-0.25, -0.2) is 4.39 Å². The Kier molecular flexibility index (Phi) is 4.28. The molecule has 4 nitrogen and oxygen atoms in total. The molecule has 5 heteroatoms. The van der Waals surface area contributed by atoms with Crippen LogP contribution in [-0.2, 0) is 6.54 Å². The van der Waals surface area contributed by atoms with E-state index in [4.69, 9.17) is 10.5 Å². The van der Waals surface area contributed by atoms with Gasteiger partial charge in [0.25, 0.3) is 0 Å². The maximum atomic E-state index is 14.0. The number of carbonyl (C=O) groups is 1. The molecular weight excluding hydrogens is 343 g/mol. The second-order valence-electron chi connectivity index (χ2n) is 6.27. The zero-order chi connectivity index (χ0) is 19.0. The quantitative estimate of drug-likeness (QED) is 0.577. The monoisotopic (exact) mass is 361 g/mol. The average Bonchev–Trinajstić information content (AvgIpc) is 2.96. The van der Waals surface area contributed by atoms with Crippen molar-refractivity contribution in [1.82, 2.24) is 4.57 Å². The lowest BCUT2D eigenvalue weighted by Gasteiger charge is -2.13. The number of aromatic nitrogens is 1. The Balaban J connectivity index is 2.01. The van der Waals surface area contributed by atoms with E-state index in [1.54, 1.807) is 12.1 Å². The van der Waals surface area contributed by atoms with Gasteiger partial charge in [0, 0.05) is 21.9 Å². The predicted molar refractivity (Wildman–Crippen MR) is 103 cm³/mol. The lowest BCUT2D eigenvalue weighted by Crippen LogP contribution is -2.11. The molecule has 0 aliphatic rings. The van der Waals surface area contributed by atoms with E-state index in [1.165, 1.54) is 12.1 Å². The van der Waals surface area contributed by atoms with Crippen LogP contribution in [0.15, 0.2) is 54.6 Å². The molecule has 0 spiro atoms. The van der Waals surface area contributed by atoms with Gasteiger partial charge < -0.3 is 15.0 Å². The van der Waals surface area contributed by atoms with E-state index in [-0.39, 0.29) is 5.82 Å². The molecule has 4 aromatic rings. The summed E-state index contributed by atoms with van der Waals surface area (Å²) < 4.78 is 21.7. The van der Waals surface area contributed by atoms with E-state index in [0.29, 0.717) is 35.0 Å². The van der Waals surface area contributed by atoms with Crippen LogP contribution in [0.4, 0.5) is 4.39 Å². The number of halogens is 1. The lowest BCUT2D eigenvalue weighted by atomic mass is 10.1. The molecule has 1 aromatic heterocycles. The van der Waals surface area contributed by atoms with Crippen molar-refractivity contribution in [3.8, 4) is 5.75 Å². The Morgan fingerprint density at radius 2 is 2.00 bits per heavy atom. The highest BCUT2D eigenvalue weighted by Gasteiger charge is 2.18. The maximum Gasteiger partial charge on any atom is 0.249 e. The summed E-state index contributed by atoms with van der Waals surface area (Å²) in [6.07, 6.45) is 0. The lowest BCUT2D eigenvalue weighted by molar-refractivity contribution is 0.100. The molecular formula is C22H18FN2O2. The Morgan fingerprint density at radius 3 is 2.78 bits per heavy atom. The van der Waals surface area contributed by atoms with Crippen molar-refractivity contribution >= 4 is 27.7 Å². The number of benzene rings is 3. The summed E-state index contributed by atoms with van der Waals surface area (Å²) in [5.74, 6) is -0.126. The summed E-state index contributed by atoms with van der Waals surface area (Å²) in [4.78, 5) is 11.9. The number of hydrogen-bond acceptors (Lipinski definition) is 2. The standard InChI is InChI=1S/C22H18FN2O2/c1-2-27-20-9-4-3-6-14(20)13-25-18-8-5-7-17(22(24)26)21(18)16-11-10-15(23)12-19(16)25/h3-10,12H,2,13H2,1H3,(H2,24,26). The highest BCUT2D eigenvalue weighted by molar-refractivity contribution is 6.17. The molecule has 0 aliphatic heterocycles. The second kappa shape index (κ2) is 6.76. The van der Waals surface area contributed by atoms with E-state index in [1.807, 2.05) is 41.8 Å². The normalized spacial score (nSPS) is 11.2. The molecule has 2 N–H and O–H groups in total. The molecule has 1 amide bonds. The molecule has 135 valence electrons. The maximum absolute atomic E-state index is 14.0. The van der Waals surface area contributed by atoms with Crippen LogP contribution in [0, 0.1) is 11.9 Å². The second-order valence-corrected chi connectivity index (χ2v) is 6.27. The fourth-order valence-corrected chi connectivity index (χ4v) is 3.51. The Hall–Kier alpha value is -3.34. The van der Waals surface area contributed by atoms with Crippen LogP contribution in [0.5, 0.6) is 5.75 Å². The van der Waals surface area contributed by atoms with Crippen molar-refractivity contribution in [1.29, 1.82) is 0 Å². The number of ether oxygens (including phenoxy) is 1. The molecule has 0 aliphatic carbocycles. The third-order valence-corrected chi connectivity index (χ3v) is 4.63. The molecule has 0 saturated heterocycles. The molecule has 1 heterocycles. The van der Waals surface area contributed by atoms with Gasteiger partial charge in [-0.05, 0) is 43.3 Å². The molecule has 0 atom stereocenters. The first-order valence-corrected chi connectivity index (χ1v) is 8.72. The van der Waals surface area contributed by atoms with E-state index in [0.717, 1.165) is 16.8 Å². The fraction of sp³-hybridized carbons (Fsp3) is 0.136. The first-order chi connectivity index (χ1) is 13.1. The van der Waals surface area contributed by atoms with Crippen molar-refractivity contribution < 1.29 is 13.9 Å². The summed E-state index contributed by atoms with van der Waals surface area (Å²) in [7, 11) is 0. The van der Waals surface area contributed by atoms with Crippen molar-refractivity contribution in [2.45, 2.75) is 13.5 Å². The van der Waals surface area contributed by atoms with E-state index < -0.39 is 5.91 Å². The predicted octanol–water partition coefficient (Wildman–Crippen LogP) is 4.28. The summed E-state index contributed by atoms with van der Waals surface area (Å²) in [5.41, 5.74) is 8.39. The zero-order valence-corrected chi connectivity index (χ0v) is 14.8. The number of rotatable bonds is 5. The number of para-hydroxylation sites is 1. The number of hydrogen-bond donors (Lipinski definition) is 1. The number of fused-ring (bicyclic) bond motifs is 3. The van der Waals surface area contributed by atoms with Gasteiger partial charge in [-0.15, -0.1) is 0 Å². The molecule has 0 fully saturated rings. The molecule has 0 saturated carbocycles. The molecule has 1 radical (unpaired) electrons. The van der Waals surface area contributed by atoms with E-state index in [9.17, 15) is 9.18 Å². The topological polar surface area (TPSA) is 57.2 Å². The van der Waals surface area contributed by atoms with Crippen molar-refractivity contribution in [3.05, 3.63) is 77.6 Å². The molecule has 0 unspecified atom stereocenters. The Bertz CT molecular complexity index is 1160. The van der Waals surface area contributed by atoms with Crippen LogP contribution in [0.25, 0.3) is 21.8 Å². The van der Waals surface area contributed by atoms with Crippen molar-refractivity contribution in [2.24, 2.45) is 5.73 Å². The highest BCUT2D eigenvalue weighted by Crippen LogP contribution is 2.33. The van der Waals surface area contributed by atoms with Gasteiger partial charge in [0.05, 0.1) is 24.2 Å². The summed E-state index contributed by atoms with van der Waals surface area (Å²) in [6.45, 7) is 2.95. The molecule has 27 heavy (non-hydrogen) atoms. The van der Waals surface area contributed by atoms with Crippen LogP contribution >= 0.6 is 0 Å². The zero-order valence-electron chi connectivity index (χ0n) is 14.8. The fourth-order valence-electron chi connectivity index (χ4n) is 3.51. The van der Waals surface area contributed by atoms with Gasteiger partial charge in [0.1, 0.15) is 11.6 Å². The van der Waals surface area contributed by atoms with E-state index >= 15 is 0 Å². The van der Waals surface area contributed by atoms with Gasteiger partial charge in [-0.3, -0.25) is 4.79 Å². The average molecular weight is 361 g/mol. The summed E-state index contributed by atoms with van der Waals surface area (Å²) in [6, 6.07) is 18.8. The van der Waals surface area contributed by atoms with Gasteiger partial charge >= 0.3 is 0 Å². The smallest absolute Gasteiger partial charge is 0.249 e. The SMILES string of the molecule is CCOc1ccccc1Cn1c2cc(F)c[c]c2c2c(C(N)=O)cccc21. The van der Waals surface area contributed by atoms with Crippen molar-refractivity contribution in [3.63, 3.8) is 0 Å². The summed E-state index contributed by atoms with van der Waals surface area (Å²) >= 11 is 0. The van der Waals surface area contributed by atoms with Crippen molar-refractivity contribution in [2.75, 3.05) is 6.61 Å². The minimum atomic E-state index is -0.521. The first kappa shape index (κ1) is 17.1. The van der Waals surface area contributed by atoms with Gasteiger partial charge in [0.2, 0.25) is 5.91 Å². The largest absolute Gasteiger partial charge is 0.494 e. The van der Waals surface area contributed by atoms with E-state index in [2.05, 4.69) is 6.07 Å². The van der Waals surface area contributed by atoms with Gasteiger partial charge in [0.15, 0.2) is 0 Å². The number of carbonyl (C=O) groups excluding carboxylic acids is 1. The number of nitrogens with zero attached hydrogens (tertiary/aromatic N) is 1. The number of amides is 1. The number of nitrogens with two attached hydrogens (primary N) is 1. The third-order valence-electron chi connectivity index (χ3n) is 4.63. The third kappa shape index (κ3) is 2.91. The first-order valence-electron chi connectivity index (χ1n) is 8.72.